The Hall–Kier alpha value is -4.33. The predicted octanol–water partition coefficient (Wildman–Crippen LogP) is 3.98. The fourth-order valence-electron chi connectivity index (χ4n) is 2.84. The predicted molar refractivity (Wildman–Crippen MR) is 111 cm³/mol. The number of para-hydroxylation sites is 1. The van der Waals surface area contributed by atoms with Gasteiger partial charge in [0.2, 0.25) is 0 Å². The van der Waals surface area contributed by atoms with Crippen molar-refractivity contribution in [3.05, 3.63) is 90.6 Å². The van der Waals surface area contributed by atoms with Gasteiger partial charge in [0.25, 0.3) is 11.8 Å². The van der Waals surface area contributed by atoms with E-state index in [-0.39, 0.29) is 17.4 Å². The maximum Gasteiger partial charge on any atom is 0.291 e. The van der Waals surface area contributed by atoms with Gasteiger partial charge < -0.3 is 19.8 Å². The van der Waals surface area contributed by atoms with Crippen molar-refractivity contribution >= 4 is 23.2 Å². The third kappa shape index (κ3) is 4.07. The molecular formula is C22H18N4O4. The van der Waals surface area contributed by atoms with Gasteiger partial charge in [-0.15, -0.1) is 0 Å². The van der Waals surface area contributed by atoms with Crippen molar-refractivity contribution in [3.8, 4) is 11.4 Å². The molecule has 0 aliphatic rings. The van der Waals surface area contributed by atoms with Crippen molar-refractivity contribution in [1.82, 2.24) is 9.78 Å². The molecule has 2 heterocycles. The van der Waals surface area contributed by atoms with E-state index in [0.717, 1.165) is 5.69 Å². The van der Waals surface area contributed by atoms with Gasteiger partial charge in [0, 0.05) is 11.4 Å². The Morgan fingerprint density at radius 1 is 0.933 bits per heavy atom. The molecule has 8 nitrogen and oxygen atoms in total. The van der Waals surface area contributed by atoms with E-state index in [1.165, 1.54) is 13.4 Å². The maximum absolute atomic E-state index is 12.8. The number of hydrogen-bond acceptors (Lipinski definition) is 5. The summed E-state index contributed by atoms with van der Waals surface area (Å²) < 4.78 is 12.0. The molecule has 0 fully saturated rings. The number of hydrogen-bond donors (Lipinski definition) is 2. The van der Waals surface area contributed by atoms with Crippen LogP contribution in [0.1, 0.15) is 21.0 Å². The lowest BCUT2D eigenvalue weighted by molar-refractivity contribution is 0.0994. The molecule has 4 aromatic rings. The van der Waals surface area contributed by atoms with Crippen LogP contribution in [0.15, 0.2) is 83.6 Å². The molecule has 2 N–H and O–H groups in total. The van der Waals surface area contributed by atoms with Crippen LogP contribution in [0.25, 0.3) is 5.69 Å². The minimum absolute atomic E-state index is 0.145. The van der Waals surface area contributed by atoms with E-state index >= 15 is 0 Å². The van der Waals surface area contributed by atoms with Crippen LogP contribution < -0.4 is 15.4 Å². The number of aromatic nitrogens is 2. The van der Waals surface area contributed by atoms with Crippen molar-refractivity contribution in [1.29, 1.82) is 0 Å². The van der Waals surface area contributed by atoms with E-state index in [0.29, 0.717) is 17.1 Å². The van der Waals surface area contributed by atoms with Gasteiger partial charge in [0.15, 0.2) is 17.2 Å². The zero-order valence-electron chi connectivity index (χ0n) is 16.0. The van der Waals surface area contributed by atoms with Crippen LogP contribution in [0, 0.1) is 0 Å². The minimum Gasteiger partial charge on any atom is -0.493 e. The molecule has 0 aliphatic carbocycles. The summed E-state index contributed by atoms with van der Waals surface area (Å²) in [6, 6.07) is 19.4. The van der Waals surface area contributed by atoms with E-state index in [1.807, 2.05) is 30.3 Å². The number of carbonyl (C=O) groups excluding carboxylic acids is 2. The summed E-state index contributed by atoms with van der Waals surface area (Å²) in [5, 5.41) is 9.84. The van der Waals surface area contributed by atoms with E-state index < -0.39 is 5.91 Å². The molecule has 0 saturated heterocycles. The molecule has 0 saturated carbocycles. The first-order chi connectivity index (χ1) is 14.6. The summed E-state index contributed by atoms with van der Waals surface area (Å²) >= 11 is 0. The zero-order chi connectivity index (χ0) is 20.9. The third-order valence-corrected chi connectivity index (χ3v) is 4.26. The van der Waals surface area contributed by atoms with Crippen LogP contribution in [0.5, 0.6) is 5.75 Å². The third-order valence-electron chi connectivity index (χ3n) is 4.26. The molecule has 0 atom stereocenters. The van der Waals surface area contributed by atoms with Crippen LogP contribution in [0.3, 0.4) is 0 Å². The molecule has 0 aliphatic heterocycles. The average molecular weight is 402 g/mol. The largest absolute Gasteiger partial charge is 0.493 e. The van der Waals surface area contributed by atoms with Gasteiger partial charge >= 0.3 is 0 Å². The number of amides is 2. The molecule has 2 aromatic heterocycles. The maximum atomic E-state index is 12.8. The topological polar surface area (TPSA) is 98.4 Å². The molecule has 0 radical (unpaired) electrons. The van der Waals surface area contributed by atoms with Crippen molar-refractivity contribution < 1.29 is 18.7 Å². The first kappa shape index (κ1) is 19.0. The number of rotatable bonds is 6. The Morgan fingerprint density at radius 2 is 1.67 bits per heavy atom. The fourth-order valence-corrected chi connectivity index (χ4v) is 2.84. The Bertz CT molecular complexity index is 1170. The highest BCUT2D eigenvalue weighted by Crippen LogP contribution is 2.22. The second-order valence-corrected chi connectivity index (χ2v) is 6.29. The van der Waals surface area contributed by atoms with Crippen LogP contribution >= 0.6 is 0 Å². The number of carbonyl (C=O) groups is 2. The number of benzene rings is 2. The quantitative estimate of drug-likeness (QED) is 0.508. The Labute approximate surface area is 172 Å². The van der Waals surface area contributed by atoms with Gasteiger partial charge in [-0.25, -0.2) is 4.68 Å². The van der Waals surface area contributed by atoms with Crippen LogP contribution in [-0.2, 0) is 0 Å². The molecule has 4 rings (SSSR count). The average Bonchev–Trinajstić information content (AvgIpc) is 3.45. The molecular weight excluding hydrogens is 384 g/mol. The number of anilines is 2. The number of nitrogens with zero attached hydrogens (tertiary/aromatic N) is 2. The van der Waals surface area contributed by atoms with Gasteiger partial charge in [-0.05, 0) is 42.5 Å². The van der Waals surface area contributed by atoms with Crippen molar-refractivity contribution in [2.45, 2.75) is 0 Å². The summed E-state index contributed by atoms with van der Waals surface area (Å²) in [6.45, 7) is 0. The van der Waals surface area contributed by atoms with Crippen molar-refractivity contribution in [2.75, 3.05) is 17.7 Å². The highest BCUT2D eigenvalue weighted by molar-refractivity contribution is 6.06. The normalized spacial score (nSPS) is 10.4. The molecule has 8 heteroatoms. The first-order valence-electron chi connectivity index (χ1n) is 9.09. The highest BCUT2D eigenvalue weighted by Gasteiger charge is 2.19. The SMILES string of the molecule is COc1cn(-c2ccccc2)nc1C(=O)Nc1cccc(NC(=O)c2ccco2)c1. The fraction of sp³-hybridized carbons (Fsp3) is 0.0455. The minimum atomic E-state index is -0.434. The Balaban J connectivity index is 1.51. The molecule has 0 spiro atoms. The van der Waals surface area contributed by atoms with Gasteiger partial charge in [0.1, 0.15) is 0 Å². The van der Waals surface area contributed by atoms with Crippen LogP contribution in [-0.4, -0.2) is 28.7 Å². The highest BCUT2D eigenvalue weighted by atomic mass is 16.5. The van der Waals surface area contributed by atoms with Crippen LogP contribution in [0.4, 0.5) is 11.4 Å². The molecule has 0 bridgehead atoms. The standard InChI is InChI=1S/C22H18N4O4/c1-29-19-14-26(17-9-3-2-4-10-17)25-20(19)22(28)24-16-8-5-7-15(13-16)23-21(27)18-11-6-12-30-18/h2-14H,1H3,(H,23,27)(H,24,28). The first-order valence-corrected chi connectivity index (χ1v) is 9.09. The van der Waals surface area contributed by atoms with Crippen molar-refractivity contribution in [2.24, 2.45) is 0 Å². The van der Waals surface area contributed by atoms with E-state index in [9.17, 15) is 9.59 Å². The Kier molecular flexibility index (Phi) is 5.29. The summed E-state index contributed by atoms with van der Waals surface area (Å²) in [7, 11) is 1.48. The number of nitrogens with one attached hydrogen (secondary N) is 2. The number of methoxy groups -OCH3 is 1. The smallest absolute Gasteiger partial charge is 0.291 e. The second-order valence-electron chi connectivity index (χ2n) is 6.29. The van der Waals surface area contributed by atoms with E-state index in [4.69, 9.17) is 9.15 Å². The molecule has 2 aromatic carbocycles. The van der Waals surface area contributed by atoms with Crippen LogP contribution in [0.2, 0.25) is 0 Å². The van der Waals surface area contributed by atoms with Crippen molar-refractivity contribution in [3.63, 3.8) is 0 Å². The Morgan fingerprint density at radius 3 is 2.33 bits per heavy atom. The van der Waals surface area contributed by atoms with E-state index in [2.05, 4.69) is 15.7 Å². The van der Waals surface area contributed by atoms with E-state index in [1.54, 1.807) is 47.3 Å². The monoisotopic (exact) mass is 402 g/mol. The second kappa shape index (κ2) is 8.36. The number of ether oxygens (including phenoxy) is 1. The molecule has 0 unspecified atom stereocenters. The summed E-state index contributed by atoms with van der Waals surface area (Å²) in [5.74, 6) is -0.276. The lowest BCUT2D eigenvalue weighted by Gasteiger charge is -2.08. The summed E-state index contributed by atoms with van der Waals surface area (Å²) in [4.78, 5) is 24.9. The lowest BCUT2D eigenvalue weighted by Crippen LogP contribution is -2.15. The molecule has 2 amide bonds. The van der Waals surface area contributed by atoms with Gasteiger partial charge in [-0.2, -0.15) is 5.10 Å². The summed E-state index contributed by atoms with van der Waals surface area (Å²) in [5.41, 5.74) is 1.95. The zero-order valence-corrected chi connectivity index (χ0v) is 16.0. The van der Waals surface area contributed by atoms with Gasteiger partial charge in [-0.3, -0.25) is 9.59 Å². The molecule has 150 valence electrons. The van der Waals surface area contributed by atoms with Gasteiger partial charge in [0.05, 0.1) is 25.3 Å². The molecule has 30 heavy (non-hydrogen) atoms. The van der Waals surface area contributed by atoms with Gasteiger partial charge in [-0.1, -0.05) is 24.3 Å². The number of furan rings is 1. The summed E-state index contributed by atoms with van der Waals surface area (Å²) in [6.07, 6.45) is 3.07. The lowest BCUT2D eigenvalue weighted by atomic mass is 10.2.